The second-order valence-corrected chi connectivity index (χ2v) is 8.72. The Labute approximate surface area is 193 Å². The van der Waals surface area contributed by atoms with Crippen molar-refractivity contribution < 1.29 is 4.92 Å². The quantitative estimate of drug-likeness (QED) is 0.149. The van der Waals surface area contributed by atoms with Gasteiger partial charge in [-0.15, -0.1) is 0 Å². The summed E-state index contributed by atoms with van der Waals surface area (Å²) in [5.41, 5.74) is 4.29. The first kappa shape index (κ1) is 21.5. The number of thioether (sulfide) groups is 2. The third kappa shape index (κ3) is 4.47. The lowest BCUT2D eigenvalue weighted by Gasteiger charge is -2.16. The summed E-state index contributed by atoms with van der Waals surface area (Å²) in [6.45, 7) is -0.262. The van der Waals surface area contributed by atoms with Crippen LogP contribution in [0.2, 0.25) is 0 Å². The maximum Gasteiger partial charge on any atom is 0.214 e. The number of nitrogens with one attached hydrogen (secondary N) is 1. The average Bonchev–Trinajstić information content (AvgIpc) is 3.18. The highest BCUT2D eigenvalue weighted by Gasteiger charge is 2.27. The minimum absolute atomic E-state index is 0.262. The van der Waals surface area contributed by atoms with E-state index in [0.29, 0.717) is 0 Å². The van der Waals surface area contributed by atoms with Crippen LogP contribution >= 0.6 is 23.5 Å². The van der Waals surface area contributed by atoms with Gasteiger partial charge in [0, 0.05) is 25.6 Å². The maximum absolute atomic E-state index is 11.7. The van der Waals surface area contributed by atoms with Crippen molar-refractivity contribution in [1.29, 1.82) is 10.5 Å². The third-order valence-corrected chi connectivity index (χ3v) is 6.38. The van der Waals surface area contributed by atoms with Crippen molar-refractivity contribution in [3.05, 3.63) is 94.0 Å². The van der Waals surface area contributed by atoms with Crippen LogP contribution in [0.25, 0.3) is 22.2 Å². The molecule has 0 spiro atoms. The highest BCUT2D eigenvalue weighted by Crippen LogP contribution is 2.39. The van der Waals surface area contributed by atoms with E-state index < -0.39 is 5.92 Å². The molecule has 4 rings (SSSR count). The van der Waals surface area contributed by atoms with Gasteiger partial charge in [-0.25, -0.2) is 0 Å². The molecule has 3 aromatic carbocycles. The number of nitriles is 2. The third-order valence-electron chi connectivity index (χ3n) is 5.18. The van der Waals surface area contributed by atoms with Gasteiger partial charge in [-0.3, -0.25) is 10.1 Å². The molecule has 1 atom stereocenters. The summed E-state index contributed by atoms with van der Waals surface area (Å²) in [6, 6.07) is 22.7. The Morgan fingerprint density at radius 1 is 0.906 bits per heavy atom. The largest absolute Gasteiger partial charge is 0.354 e. The van der Waals surface area contributed by atoms with Gasteiger partial charge in [0.25, 0.3) is 0 Å². The topological polar surface area (TPSA) is 107 Å². The molecule has 1 aromatic heterocycles. The number of nitrogens with zero attached hydrogens (tertiary/aromatic N) is 3. The highest BCUT2D eigenvalue weighted by molar-refractivity contribution is 8.04. The van der Waals surface area contributed by atoms with Crippen molar-refractivity contribution >= 4 is 34.4 Å². The first-order valence-electron chi connectivity index (χ1n) is 9.65. The SMILES string of the molecule is N#CSc1ccc(-c2[nH]c3ccccc3c2C(C[N+](=O)[O-])c2ccc(SC#N)cc2)cc1. The lowest BCUT2D eigenvalue weighted by Crippen LogP contribution is -2.14. The number of benzene rings is 3. The molecule has 4 aromatic rings. The number of aromatic amines is 1. The number of H-pyrrole nitrogens is 1. The van der Waals surface area contributed by atoms with E-state index >= 15 is 0 Å². The predicted molar refractivity (Wildman–Crippen MR) is 127 cm³/mol. The smallest absolute Gasteiger partial charge is 0.214 e. The molecule has 0 amide bonds. The Morgan fingerprint density at radius 2 is 1.50 bits per heavy atom. The van der Waals surface area contributed by atoms with E-state index in [1.807, 2.05) is 78.2 Å². The van der Waals surface area contributed by atoms with E-state index in [1.54, 1.807) is 0 Å². The molecule has 0 aliphatic heterocycles. The van der Waals surface area contributed by atoms with Gasteiger partial charge in [0.15, 0.2) is 0 Å². The van der Waals surface area contributed by atoms with Gasteiger partial charge in [0.1, 0.15) is 10.8 Å². The molecule has 1 N–H and O–H groups in total. The summed E-state index contributed by atoms with van der Waals surface area (Å²) in [5.74, 6) is -0.481. The van der Waals surface area contributed by atoms with E-state index in [0.717, 1.165) is 66.6 Å². The van der Waals surface area contributed by atoms with E-state index in [2.05, 4.69) is 10.4 Å². The maximum atomic E-state index is 11.7. The predicted octanol–water partition coefficient (Wildman–Crippen LogP) is 6.39. The van der Waals surface area contributed by atoms with Crippen molar-refractivity contribution in [2.75, 3.05) is 6.54 Å². The summed E-state index contributed by atoms with van der Waals surface area (Å²) in [4.78, 5) is 16.4. The van der Waals surface area contributed by atoms with Gasteiger partial charge < -0.3 is 4.98 Å². The minimum Gasteiger partial charge on any atom is -0.354 e. The summed E-state index contributed by atoms with van der Waals surface area (Å²) < 4.78 is 0. The lowest BCUT2D eigenvalue weighted by atomic mass is 9.87. The van der Waals surface area contributed by atoms with E-state index in [9.17, 15) is 10.1 Å². The van der Waals surface area contributed by atoms with E-state index in [4.69, 9.17) is 10.5 Å². The van der Waals surface area contributed by atoms with E-state index in [1.165, 1.54) is 0 Å². The van der Waals surface area contributed by atoms with Crippen LogP contribution in [0.15, 0.2) is 82.6 Å². The lowest BCUT2D eigenvalue weighted by molar-refractivity contribution is -0.481. The normalized spacial score (nSPS) is 11.6. The van der Waals surface area contributed by atoms with Crippen molar-refractivity contribution in [3.63, 3.8) is 0 Å². The number of hydrogen-bond acceptors (Lipinski definition) is 6. The fourth-order valence-corrected chi connectivity index (χ4v) is 4.58. The van der Waals surface area contributed by atoms with Crippen LogP contribution in [0.4, 0.5) is 0 Å². The Hall–Kier alpha value is -3.72. The molecule has 0 radical (unpaired) electrons. The van der Waals surface area contributed by atoms with Crippen LogP contribution in [0.1, 0.15) is 17.0 Å². The molecule has 0 aliphatic carbocycles. The van der Waals surface area contributed by atoms with Gasteiger partial charge in [0.05, 0.1) is 11.6 Å². The standard InChI is InChI=1S/C24H16N4O2S2/c25-14-31-18-9-5-16(6-10-18)21(13-28(29)30)23-20-3-1-2-4-22(20)27-24(23)17-7-11-19(12-8-17)32-15-26/h1-12,21,27H,13H2. The Kier molecular flexibility index (Phi) is 6.46. The zero-order valence-corrected chi connectivity index (χ0v) is 18.3. The van der Waals surface area contributed by atoms with Crippen LogP contribution in [-0.2, 0) is 0 Å². The fraction of sp³-hybridized carbons (Fsp3) is 0.0833. The van der Waals surface area contributed by atoms with Crippen LogP contribution in [-0.4, -0.2) is 16.5 Å². The number of fused-ring (bicyclic) bond motifs is 1. The monoisotopic (exact) mass is 456 g/mol. The minimum atomic E-state index is -0.481. The summed E-state index contributed by atoms with van der Waals surface area (Å²) in [5, 5.41) is 34.5. The van der Waals surface area contributed by atoms with Gasteiger partial charge in [-0.1, -0.05) is 42.5 Å². The second kappa shape index (κ2) is 9.61. The van der Waals surface area contributed by atoms with Crippen LogP contribution in [0.5, 0.6) is 0 Å². The number of hydrogen-bond donors (Lipinski definition) is 1. The molecular formula is C24H16N4O2S2. The van der Waals surface area contributed by atoms with Crippen LogP contribution in [0.3, 0.4) is 0 Å². The van der Waals surface area contributed by atoms with Crippen molar-refractivity contribution in [1.82, 2.24) is 4.98 Å². The first-order valence-corrected chi connectivity index (χ1v) is 11.3. The number of thiocyanates is 2. The molecule has 0 fully saturated rings. The highest BCUT2D eigenvalue weighted by atomic mass is 32.2. The van der Waals surface area contributed by atoms with E-state index in [-0.39, 0.29) is 11.5 Å². The van der Waals surface area contributed by atoms with Crippen molar-refractivity contribution in [3.8, 4) is 22.1 Å². The molecule has 0 bridgehead atoms. The van der Waals surface area contributed by atoms with Crippen molar-refractivity contribution in [2.45, 2.75) is 15.7 Å². The molecule has 8 heteroatoms. The van der Waals surface area contributed by atoms with Gasteiger partial charge in [-0.05, 0) is 70.5 Å². The fourth-order valence-electron chi connectivity index (χ4n) is 3.83. The number of para-hydroxylation sites is 1. The molecule has 0 saturated carbocycles. The number of nitro groups is 1. The van der Waals surface area contributed by atoms with Crippen molar-refractivity contribution in [2.24, 2.45) is 0 Å². The van der Waals surface area contributed by atoms with Gasteiger partial charge in [-0.2, -0.15) is 10.5 Å². The molecule has 1 unspecified atom stereocenters. The summed E-state index contributed by atoms with van der Waals surface area (Å²) >= 11 is 2.14. The summed E-state index contributed by atoms with van der Waals surface area (Å²) in [6.07, 6.45) is 0. The molecule has 1 heterocycles. The zero-order valence-electron chi connectivity index (χ0n) is 16.7. The Morgan fingerprint density at radius 3 is 2.09 bits per heavy atom. The second-order valence-electron chi connectivity index (χ2n) is 7.01. The van der Waals surface area contributed by atoms with Crippen LogP contribution in [0, 0.1) is 31.4 Å². The van der Waals surface area contributed by atoms with Crippen LogP contribution < -0.4 is 0 Å². The zero-order chi connectivity index (χ0) is 22.5. The first-order chi connectivity index (χ1) is 15.6. The Balaban J connectivity index is 1.89. The van der Waals surface area contributed by atoms with Gasteiger partial charge >= 0.3 is 0 Å². The Bertz CT molecular complexity index is 1350. The average molecular weight is 457 g/mol. The molecule has 32 heavy (non-hydrogen) atoms. The number of aromatic nitrogens is 1. The molecular weight excluding hydrogens is 440 g/mol. The number of rotatable bonds is 7. The molecule has 6 nitrogen and oxygen atoms in total. The molecule has 0 saturated heterocycles. The molecule has 156 valence electrons. The summed E-state index contributed by atoms with van der Waals surface area (Å²) in [7, 11) is 0. The molecule has 0 aliphatic rings. The van der Waals surface area contributed by atoms with Gasteiger partial charge in [0.2, 0.25) is 6.54 Å².